The summed E-state index contributed by atoms with van der Waals surface area (Å²) in [6.45, 7) is 1.62. The lowest BCUT2D eigenvalue weighted by Crippen LogP contribution is -2.29. The monoisotopic (exact) mass is 302 g/mol. The van der Waals surface area contributed by atoms with Crippen LogP contribution in [0.3, 0.4) is 0 Å². The second-order valence-corrected chi connectivity index (χ2v) is 4.97. The van der Waals surface area contributed by atoms with E-state index in [2.05, 4.69) is 20.9 Å². The van der Waals surface area contributed by atoms with E-state index in [1.807, 2.05) is 4.90 Å². The second-order valence-electron chi connectivity index (χ2n) is 3.92. The molecule has 0 aromatic carbocycles. The van der Waals surface area contributed by atoms with Crippen molar-refractivity contribution in [1.82, 2.24) is 9.88 Å². The molecule has 86 valence electrons. The zero-order valence-corrected chi connectivity index (χ0v) is 11.0. The molecule has 0 aliphatic carbocycles. The number of likely N-dealkylation sites (tertiary alicyclic amines) is 1. The normalized spacial score (nSPS) is 20.1. The topological polar surface area (TPSA) is 33.2 Å². The second kappa shape index (κ2) is 5.15. The van der Waals surface area contributed by atoms with Crippen LogP contribution in [0.1, 0.15) is 16.8 Å². The van der Waals surface area contributed by atoms with Crippen LogP contribution in [0.4, 0.5) is 0 Å². The number of alkyl halides is 1. The Bertz CT molecular complexity index is 399. The Morgan fingerprint density at radius 3 is 3.12 bits per heavy atom. The molecule has 0 bridgehead atoms. The third-order valence-electron chi connectivity index (χ3n) is 2.79. The van der Waals surface area contributed by atoms with Crippen molar-refractivity contribution in [3.63, 3.8) is 0 Å². The Morgan fingerprint density at radius 1 is 1.69 bits per heavy atom. The first-order valence-corrected chi connectivity index (χ1v) is 6.67. The molecular formula is C11H12BrClN2O. The molecule has 1 aliphatic heterocycles. The third-order valence-corrected chi connectivity index (χ3v) is 4.01. The maximum absolute atomic E-state index is 12.1. The Labute approximate surface area is 108 Å². The lowest BCUT2D eigenvalue weighted by atomic mass is 10.2. The van der Waals surface area contributed by atoms with Gasteiger partial charge < -0.3 is 4.90 Å². The third kappa shape index (κ3) is 2.38. The number of nitrogens with zero attached hydrogens (tertiary/aromatic N) is 2. The highest BCUT2D eigenvalue weighted by molar-refractivity contribution is 9.09. The van der Waals surface area contributed by atoms with Gasteiger partial charge in [0.1, 0.15) is 0 Å². The average molecular weight is 304 g/mol. The van der Waals surface area contributed by atoms with Crippen molar-refractivity contribution in [2.75, 3.05) is 18.4 Å². The molecule has 0 spiro atoms. The van der Waals surface area contributed by atoms with Gasteiger partial charge in [0.25, 0.3) is 5.91 Å². The summed E-state index contributed by atoms with van der Waals surface area (Å²) in [5, 5.41) is 1.37. The standard InChI is InChI=1S/C11H12BrClN2O/c12-5-8-2-4-15(7-8)11(16)9-1-3-14-6-10(9)13/h1,3,6,8H,2,4-5,7H2. The largest absolute Gasteiger partial charge is 0.338 e. The zero-order chi connectivity index (χ0) is 11.5. The molecule has 1 atom stereocenters. The van der Waals surface area contributed by atoms with Crippen LogP contribution in [-0.4, -0.2) is 34.2 Å². The Hall–Kier alpha value is -0.610. The van der Waals surface area contributed by atoms with Crippen LogP contribution in [0.25, 0.3) is 0 Å². The first-order chi connectivity index (χ1) is 7.72. The molecule has 1 amide bonds. The van der Waals surface area contributed by atoms with Crippen molar-refractivity contribution in [2.24, 2.45) is 5.92 Å². The van der Waals surface area contributed by atoms with Gasteiger partial charge in [-0.2, -0.15) is 0 Å². The molecule has 0 saturated carbocycles. The molecule has 1 unspecified atom stereocenters. The number of hydrogen-bond acceptors (Lipinski definition) is 2. The van der Waals surface area contributed by atoms with Gasteiger partial charge in [-0.25, -0.2) is 0 Å². The van der Waals surface area contributed by atoms with Crippen LogP contribution < -0.4 is 0 Å². The van der Waals surface area contributed by atoms with Crippen LogP contribution in [0.15, 0.2) is 18.5 Å². The number of aromatic nitrogens is 1. The van der Waals surface area contributed by atoms with Crippen LogP contribution in [-0.2, 0) is 0 Å². The zero-order valence-electron chi connectivity index (χ0n) is 8.70. The van der Waals surface area contributed by atoms with Crippen LogP contribution in [0.5, 0.6) is 0 Å². The van der Waals surface area contributed by atoms with Crippen molar-refractivity contribution < 1.29 is 4.79 Å². The molecule has 16 heavy (non-hydrogen) atoms. The molecular weight excluding hydrogens is 291 g/mol. The molecule has 1 aliphatic rings. The molecule has 5 heteroatoms. The molecule has 0 radical (unpaired) electrons. The summed E-state index contributed by atoms with van der Waals surface area (Å²) >= 11 is 9.40. The minimum atomic E-state index is 0.0100. The smallest absolute Gasteiger partial charge is 0.255 e. The molecule has 2 rings (SSSR count). The van der Waals surface area contributed by atoms with Gasteiger partial charge in [0.15, 0.2) is 0 Å². The lowest BCUT2D eigenvalue weighted by molar-refractivity contribution is 0.0788. The number of pyridine rings is 1. The fourth-order valence-electron chi connectivity index (χ4n) is 1.86. The molecule has 2 heterocycles. The fourth-order valence-corrected chi connectivity index (χ4v) is 2.59. The highest BCUT2D eigenvalue weighted by Crippen LogP contribution is 2.22. The quantitative estimate of drug-likeness (QED) is 0.787. The van der Waals surface area contributed by atoms with E-state index in [-0.39, 0.29) is 5.91 Å². The Morgan fingerprint density at radius 2 is 2.50 bits per heavy atom. The first kappa shape index (κ1) is 11.9. The maximum atomic E-state index is 12.1. The SMILES string of the molecule is O=C(c1ccncc1Cl)N1CCC(CBr)C1. The number of carbonyl (C=O) groups excluding carboxylic acids is 1. The van der Waals surface area contributed by atoms with E-state index < -0.39 is 0 Å². The average Bonchev–Trinajstić information content (AvgIpc) is 2.77. The van der Waals surface area contributed by atoms with E-state index in [0.29, 0.717) is 16.5 Å². The summed E-state index contributed by atoms with van der Waals surface area (Å²) in [4.78, 5) is 17.9. The number of hydrogen-bond donors (Lipinski definition) is 0. The summed E-state index contributed by atoms with van der Waals surface area (Å²) in [7, 11) is 0. The molecule has 1 aromatic heterocycles. The predicted octanol–water partition coefficient (Wildman–Crippen LogP) is 2.59. The van der Waals surface area contributed by atoms with Gasteiger partial charge in [0, 0.05) is 30.8 Å². The number of amides is 1. The maximum Gasteiger partial charge on any atom is 0.255 e. The van der Waals surface area contributed by atoms with Gasteiger partial charge in [0.05, 0.1) is 10.6 Å². The molecule has 3 nitrogen and oxygen atoms in total. The number of rotatable bonds is 2. The van der Waals surface area contributed by atoms with E-state index in [9.17, 15) is 4.79 Å². The van der Waals surface area contributed by atoms with Gasteiger partial charge >= 0.3 is 0 Å². The van der Waals surface area contributed by atoms with Gasteiger partial charge in [-0.05, 0) is 18.4 Å². The summed E-state index contributed by atoms with van der Waals surface area (Å²) in [6.07, 6.45) is 4.16. The van der Waals surface area contributed by atoms with E-state index in [1.54, 1.807) is 12.3 Å². The van der Waals surface area contributed by atoms with Gasteiger partial charge in [0.2, 0.25) is 0 Å². The highest BCUT2D eigenvalue weighted by atomic mass is 79.9. The number of halogens is 2. The van der Waals surface area contributed by atoms with E-state index in [0.717, 1.165) is 24.8 Å². The van der Waals surface area contributed by atoms with Crippen molar-refractivity contribution in [1.29, 1.82) is 0 Å². The Balaban J connectivity index is 2.12. The van der Waals surface area contributed by atoms with Crippen LogP contribution >= 0.6 is 27.5 Å². The van der Waals surface area contributed by atoms with Crippen molar-refractivity contribution in [3.05, 3.63) is 29.0 Å². The highest BCUT2D eigenvalue weighted by Gasteiger charge is 2.27. The molecule has 1 fully saturated rings. The Kier molecular flexibility index (Phi) is 3.82. The fraction of sp³-hybridized carbons (Fsp3) is 0.455. The minimum Gasteiger partial charge on any atom is -0.338 e. The first-order valence-electron chi connectivity index (χ1n) is 5.17. The van der Waals surface area contributed by atoms with Gasteiger partial charge in [-0.15, -0.1) is 0 Å². The van der Waals surface area contributed by atoms with E-state index in [4.69, 9.17) is 11.6 Å². The van der Waals surface area contributed by atoms with Crippen molar-refractivity contribution in [2.45, 2.75) is 6.42 Å². The molecule has 1 aromatic rings. The lowest BCUT2D eigenvalue weighted by Gasteiger charge is -2.16. The van der Waals surface area contributed by atoms with E-state index in [1.165, 1.54) is 6.20 Å². The summed E-state index contributed by atoms with van der Waals surface area (Å²) in [6, 6.07) is 1.67. The summed E-state index contributed by atoms with van der Waals surface area (Å²) in [5.41, 5.74) is 0.548. The minimum absolute atomic E-state index is 0.0100. The summed E-state index contributed by atoms with van der Waals surface area (Å²) < 4.78 is 0. The van der Waals surface area contributed by atoms with Crippen LogP contribution in [0.2, 0.25) is 5.02 Å². The van der Waals surface area contributed by atoms with Crippen molar-refractivity contribution in [3.8, 4) is 0 Å². The van der Waals surface area contributed by atoms with Gasteiger partial charge in [-0.3, -0.25) is 9.78 Å². The van der Waals surface area contributed by atoms with Crippen LogP contribution in [0, 0.1) is 5.92 Å². The molecule has 1 saturated heterocycles. The molecule has 0 N–H and O–H groups in total. The van der Waals surface area contributed by atoms with Gasteiger partial charge in [-0.1, -0.05) is 27.5 Å². The predicted molar refractivity (Wildman–Crippen MR) is 67.1 cm³/mol. The van der Waals surface area contributed by atoms with E-state index >= 15 is 0 Å². The summed E-state index contributed by atoms with van der Waals surface area (Å²) in [5.74, 6) is 0.570. The number of carbonyl (C=O) groups is 1. The van der Waals surface area contributed by atoms with Crippen molar-refractivity contribution >= 4 is 33.4 Å².